The summed E-state index contributed by atoms with van der Waals surface area (Å²) in [5.74, 6) is 0.214. The Bertz CT molecular complexity index is 136. The van der Waals surface area contributed by atoms with Crippen LogP contribution in [0.4, 0.5) is 0 Å². The molecule has 0 aromatic heterocycles. The Morgan fingerprint density at radius 2 is 1.89 bits per heavy atom. The van der Waals surface area contributed by atoms with Crippen LogP contribution in [0.3, 0.4) is 0 Å². The predicted molar refractivity (Wildman–Crippen MR) is 38.9 cm³/mol. The fraction of sp³-hybridized carbons (Fsp3) is 0.714. The second-order valence-corrected chi connectivity index (χ2v) is 2.33. The normalized spacial score (nSPS) is 12.3. The number of aliphatic imine (C=N–C) groups is 1. The maximum atomic E-state index is 10.9. The van der Waals surface area contributed by atoms with Crippen molar-refractivity contribution in [3.8, 4) is 0 Å². The lowest BCUT2D eigenvalue weighted by Gasteiger charge is -2.00. The summed E-state index contributed by atoms with van der Waals surface area (Å²) in [5.41, 5.74) is 0.616. The van der Waals surface area contributed by atoms with Gasteiger partial charge in [-0.05, 0) is 6.92 Å². The second-order valence-electron chi connectivity index (χ2n) is 2.33. The van der Waals surface area contributed by atoms with Crippen molar-refractivity contribution in [2.24, 2.45) is 10.9 Å². The Hall–Kier alpha value is -0.660. The minimum Gasteiger partial charge on any atom is -0.293 e. The third-order valence-electron chi connectivity index (χ3n) is 1.22. The Morgan fingerprint density at radius 1 is 1.44 bits per heavy atom. The maximum absolute atomic E-state index is 10.9. The molecule has 0 N–H and O–H groups in total. The molecule has 0 saturated carbocycles. The van der Waals surface area contributed by atoms with Gasteiger partial charge < -0.3 is 0 Å². The smallest absolute Gasteiger partial charge is 0.178 e. The molecular formula is C7H13NO. The summed E-state index contributed by atoms with van der Waals surface area (Å²) in [6.45, 7) is 5.48. The highest BCUT2D eigenvalue weighted by atomic mass is 16.1. The first-order chi connectivity index (χ1) is 4.09. The van der Waals surface area contributed by atoms with Crippen LogP contribution in [0.2, 0.25) is 0 Å². The van der Waals surface area contributed by atoms with Crippen LogP contribution in [0.15, 0.2) is 4.99 Å². The van der Waals surface area contributed by atoms with Crippen molar-refractivity contribution in [2.75, 3.05) is 7.05 Å². The van der Waals surface area contributed by atoms with E-state index in [2.05, 4.69) is 4.99 Å². The lowest BCUT2D eigenvalue weighted by atomic mass is 10.1. The van der Waals surface area contributed by atoms with Crippen molar-refractivity contribution < 1.29 is 4.79 Å². The summed E-state index contributed by atoms with van der Waals surface area (Å²) in [7, 11) is 1.63. The molecule has 0 unspecified atom stereocenters. The van der Waals surface area contributed by atoms with Crippen LogP contribution >= 0.6 is 0 Å². The molecule has 0 amide bonds. The molecule has 0 atom stereocenters. The molecule has 2 heteroatoms. The fourth-order valence-electron chi connectivity index (χ4n) is 0.528. The van der Waals surface area contributed by atoms with E-state index >= 15 is 0 Å². The van der Waals surface area contributed by atoms with Gasteiger partial charge in [0.15, 0.2) is 5.78 Å². The van der Waals surface area contributed by atoms with Crippen molar-refractivity contribution in [1.82, 2.24) is 0 Å². The lowest BCUT2D eigenvalue weighted by molar-refractivity contribution is -0.115. The first-order valence-corrected chi connectivity index (χ1v) is 3.07. The number of carbonyl (C=O) groups is 1. The number of hydrogen-bond acceptors (Lipinski definition) is 2. The topological polar surface area (TPSA) is 29.4 Å². The Balaban J connectivity index is 4.06. The molecule has 0 fully saturated rings. The van der Waals surface area contributed by atoms with Crippen LogP contribution in [-0.4, -0.2) is 18.5 Å². The van der Waals surface area contributed by atoms with Gasteiger partial charge in [0, 0.05) is 13.0 Å². The zero-order valence-electron chi connectivity index (χ0n) is 6.43. The number of nitrogens with zero attached hydrogens (tertiary/aromatic N) is 1. The first-order valence-electron chi connectivity index (χ1n) is 3.07. The molecule has 0 spiro atoms. The molecule has 0 aliphatic carbocycles. The first kappa shape index (κ1) is 8.34. The number of ketones is 1. The zero-order chi connectivity index (χ0) is 7.44. The molecule has 0 rings (SSSR count). The third-order valence-corrected chi connectivity index (χ3v) is 1.22. The highest BCUT2D eigenvalue weighted by molar-refractivity contribution is 6.39. The second kappa shape index (κ2) is 3.38. The van der Waals surface area contributed by atoms with Gasteiger partial charge in [-0.3, -0.25) is 9.79 Å². The maximum Gasteiger partial charge on any atom is 0.178 e. The molecule has 0 aliphatic heterocycles. The van der Waals surface area contributed by atoms with Crippen molar-refractivity contribution in [2.45, 2.75) is 20.8 Å². The van der Waals surface area contributed by atoms with E-state index in [1.165, 1.54) is 0 Å². The van der Waals surface area contributed by atoms with Gasteiger partial charge in [0.2, 0.25) is 0 Å². The molecule has 0 saturated heterocycles. The molecular weight excluding hydrogens is 114 g/mol. The van der Waals surface area contributed by atoms with Crippen LogP contribution in [0.5, 0.6) is 0 Å². The Morgan fingerprint density at radius 3 is 2.00 bits per heavy atom. The van der Waals surface area contributed by atoms with E-state index in [-0.39, 0.29) is 11.7 Å². The molecule has 52 valence electrons. The Labute approximate surface area is 56.0 Å². The SMILES string of the molecule is CN=C(C)C(=O)C(C)C. The largest absolute Gasteiger partial charge is 0.293 e. The van der Waals surface area contributed by atoms with Crippen molar-refractivity contribution in [3.63, 3.8) is 0 Å². The van der Waals surface area contributed by atoms with Gasteiger partial charge in [-0.15, -0.1) is 0 Å². The summed E-state index contributed by atoms with van der Waals surface area (Å²) >= 11 is 0. The minimum atomic E-state index is 0.0775. The predicted octanol–water partition coefficient (Wildman–Crippen LogP) is 1.30. The van der Waals surface area contributed by atoms with E-state index in [0.717, 1.165) is 0 Å². The zero-order valence-corrected chi connectivity index (χ0v) is 6.43. The number of carbonyl (C=O) groups excluding carboxylic acids is 1. The molecule has 0 bridgehead atoms. The van der Waals surface area contributed by atoms with Gasteiger partial charge in [-0.25, -0.2) is 0 Å². The van der Waals surface area contributed by atoms with E-state index in [1.807, 2.05) is 13.8 Å². The van der Waals surface area contributed by atoms with Gasteiger partial charge in [0.1, 0.15) is 0 Å². The summed E-state index contributed by atoms with van der Waals surface area (Å²) in [4.78, 5) is 14.7. The van der Waals surface area contributed by atoms with Gasteiger partial charge in [-0.1, -0.05) is 13.8 Å². The van der Waals surface area contributed by atoms with Crippen molar-refractivity contribution in [3.05, 3.63) is 0 Å². The van der Waals surface area contributed by atoms with Crippen LogP contribution in [0.25, 0.3) is 0 Å². The minimum absolute atomic E-state index is 0.0775. The fourth-order valence-corrected chi connectivity index (χ4v) is 0.528. The van der Waals surface area contributed by atoms with E-state index in [0.29, 0.717) is 5.71 Å². The molecule has 0 aliphatic rings. The molecule has 2 nitrogen and oxygen atoms in total. The lowest BCUT2D eigenvalue weighted by Crippen LogP contribution is -2.16. The third kappa shape index (κ3) is 2.40. The van der Waals surface area contributed by atoms with Gasteiger partial charge in [0.05, 0.1) is 5.71 Å². The summed E-state index contributed by atoms with van der Waals surface area (Å²) < 4.78 is 0. The average Bonchev–Trinajstić information content (AvgIpc) is 1.84. The number of Topliss-reactive ketones (excluding diaryl/α,β-unsaturated/α-hetero) is 1. The average molecular weight is 127 g/mol. The highest BCUT2D eigenvalue weighted by Gasteiger charge is 2.08. The van der Waals surface area contributed by atoms with Crippen molar-refractivity contribution in [1.29, 1.82) is 0 Å². The molecule has 0 heterocycles. The van der Waals surface area contributed by atoms with Crippen LogP contribution < -0.4 is 0 Å². The van der Waals surface area contributed by atoms with Crippen LogP contribution in [0, 0.1) is 5.92 Å². The van der Waals surface area contributed by atoms with Crippen LogP contribution in [-0.2, 0) is 4.79 Å². The van der Waals surface area contributed by atoms with Crippen molar-refractivity contribution >= 4 is 11.5 Å². The molecule has 0 radical (unpaired) electrons. The summed E-state index contributed by atoms with van der Waals surface area (Å²) in [6.07, 6.45) is 0. The van der Waals surface area contributed by atoms with E-state index in [1.54, 1.807) is 14.0 Å². The summed E-state index contributed by atoms with van der Waals surface area (Å²) in [5, 5.41) is 0. The molecule has 0 aromatic carbocycles. The Kier molecular flexibility index (Phi) is 3.13. The standard InChI is InChI=1S/C7H13NO/c1-5(2)7(9)6(3)8-4/h5H,1-4H3. The number of hydrogen-bond donors (Lipinski definition) is 0. The monoisotopic (exact) mass is 127 g/mol. The van der Waals surface area contributed by atoms with E-state index in [9.17, 15) is 4.79 Å². The van der Waals surface area contributed by atoms with Crippen LogP contribution in [0.1, 0.15) is 20.8 Å². The molecule has 9 heavy (non-hydrogen) atoms. The van der Waals surface area contributed by atoms with E-state index < -0.39 is 0 Å². The van der Waals surface area contributed by atoms with Gasteiger partial charge >= 0.3 is 0 Å². The quantitative estimate of drug-likeness (QED) is 0.514. The van der Waals surface area contributed by atoms with Gasteiger partial charge in [0.25, 0.3) is 0 Å². The number of rotatable bonds is 2. The summed E-state index contributed by atoms with van der Waals surface area (Å²) in [6, 6.07) is 0. The van der Waals surface area contributed by atoms with E-state index in [4.69, 9.17) is 0 Å². The molecule has 0 aromatic rings. The highest BCUT2D eigenvalue weighted by Crippen LogP contribution is 1.95. The van der Waals surface area contributed by atoms with Gasteiger partial charge in [-0.2, -0.15) is 0 Å².